The third-order valence-corrected chi connectivity index (χ3v) is 4.87. The number of aromatic nitrogens is 6. The van der Waals surface area contributed by atoms with Crippen molar-refractivity contribution in [1.29, 1.82) is 0 Å². The van der Waals surface area contributed by atoms with Gasteiger partial charge >= 0.3 is 13.8 Å². The molecule has 0 aliphatic rings. The molecular weight excluding hydrogens is 416 g/mol. The number of H-pyrrole nitrogens is 1. The smallest absolute Gasteiger partial charge is 0.324 e. The number of rotatable bonds is 3. The van der Waals surface area contributed by atoms with Crippen LogP contribution in [0, 0.1) is 6.92 Å². The van der Waals surface area contributed by atoms with Gasteiger partial charge in [0.15, 0.2) is 0 Å². The molecule has 0 atom stereocenters. The topological polar surface area (TPSA) is 138 Å². The summed E-state index contributed by atoms with van der Waals surface area (Å²) in [6.45, 7) is 1.61. The van der Waals surface area contributed by atoms with Crippen LogP contribution in [0.1, 0.15) is 17.1 Å². The van der Waals surface area contributed by atoms with Crippen molar-refractivity contribution in [3.8, 4) is 5.69 Å². The molecule has 0 amide bonds. The number of nitrogens with one attached hydrogen (secondary N) is 1. The number of hydrogen-bond acceptors (Lipinski definition) is 5. The molecule has 0 spiro atoms. The Morgan fingerprint density at radius 3 is 2.55 bits per heavy atom. The van der Waals surface area contributed by atoms with Crippen molar-refractivity contribution in [3.05, 3.63) is 52.1 Å². The second-order valence-electron chi connectivity index (χ2n) is 6.36. The van der Waals surface area contributed by atoms with Gasteiger partial charge in [-0.1, -0.05) is 0 Å². The van der Waals surface area contributed by atoms with E-state index in [0.29, 0.717) is 5.69 Å². The van der Waals surface area contributed by atoms with Gasteiger partial charge in [0, 0.05) is 6.20 Å². The van der Waals surface area contributed by atoms with E-state index in [2.05, 4.69) is 20.2 Å². The van der Waals surface area contributed by atoms with E-state index >= 15 is 0 Å². The summed E-state index contributed by atoms with van der Waals surface area (Å²) < 4.78 is 54.6. The lowest BCUT2D eigenvalue weighted by molar-refractivity contribution is -0.137. The molecule has 10 nitrogen and oxygen atoms in total. The van der Waals surface area contributed by atoms with Crippen molar-refractivity contribution >= 4 is 24.3 Å². The molecule has 0 unspecified atom stereocenters. The minimum absolute atomic E-state index is 0.0439. The molecule has 29 heavy (non-hydrogen) atoms. The molecule has 0 fully saturated rings. The Hall–Kier alpha value is -3.02. The summed E-state index contributed by atoms with van der Waals surface area (Å²) in [6.07, 6.45) is -2.98. The highest BCUT2D eigenvalue weighted by molar-refractivity contribution is 7.50. The first-order chi connectivity index (χ1) is 13.4. The summed E-state index contributed by atoms with van der Waals surface area (Å²) in [5.74, 6) is -0.253. The number of imidazole rings is 1. The Morgan fingerprint density at radius 2 is 1.97 bits per heavy atom. The Bertz CT molecular complexity index is 1370. The SMILES string of the molecule is Cc1cn(-c2cc3c(cc2C(F)(F)F)[nH]c(=O)c2nnc(CP(=O)(O)O)n23)cn1. The van der Waals surface area contributed by atoms with Crippen molar-refractivity contribution in [2.45, 2.75) is 19.3 Å². The van der Waals surface area contributed by atoms with Crippen molar-refractivity contribution in [2.75, 3.05) is 0 Å². The fourth-order valence-corrected chi connectivity index (χ4v) is 3.61. The molecule has 4 aromatic rings. The highest BCUT2D eigenvalue weighted by Gasteiger charge is 2.35. The maximum atomic E-state index is 13.7. The fraction of sp³-hybridized carbons (Fsp3) is 0.200. The third-order valence-electron chi connectivity index (χ3n) is 4.18. The van der Waals surface area contributed by atoms with Gasteiger partial charge in [-0.25, -0.2) is 4.98 Å². The average Bonchev–Trinajstić information content (AvgIpc) is 3.19. The Kier molecular flexibility index (Phi) is 4.15. The molecular formula is C15H12F3N6O4P. The van der Waals surface area contributed by atoms with Gasteiger partial charge in [-0.15, -0.1) is 10.2 Å². The first-order valence-electron chi connectivity index (χ1n) is 8.01. The van der Waals surface area contributed by atoms with Gasteiger partial charge in [0.1, 0.15) is 12.0 Å². The largest absolute Gasteiger partial charge is 0.418 e. The number of aryl methyl sites for hydroxylation is 1. The van der Waals surface area contributed by atoms with Gasteiger partial charge in [-0.3, -0.25) is 13.8 Å². The van der Waals surface area contributed by atoms with Gasteiger partial charge in [0.25, 0.3) is 5.56 Å². The van der Waals surface area contributed by atoms with Crippen LogP contribution in [0.3, 0.4) is 0 Å². The zero-order chi connectivity index (χ0) is 21.1. The van der Waals surface area contributed by atoms with E-state index in [-0.39, 0.29) is 28.2 Å². The number of benzene rings is 1. The number of aromatic amines is 1. The molecule has 152 valence electrons. The highest BCUT2D eigenvalue weighted by Crippen LogP contribution is 2.39. The summed E-state index contributed by atoms with van der Waals surface area (Å²) in [6, 6.07) is 1.89. The molecule has 0 radical (unpaired) electrons. The number of alkyl halides is 3. The molecule has 0 aliphatic heterocycles. The van der Waals surface area contributed by atoms with Crippen LogP contribution in [-0.4, -0.2) is 38.9 Å². The van der Waals surface area contributed by atoms with Crippen LogP contribution in [0.2, 0.25) is 0 Å². The highest BCUT2D eigenvalue weighted by atomic mass is 31.2. The first-order valence-corrected chi connectivity index (χ1v) is 9.80. The quantitative estimate of drug-likeness (QED) is 0.423. The van der Waals surface area contributed by atoms with E-state index in [9.17, 15) is 32.3 Å². The van der Waals surface area contributed by atoms with Crippen molar-refractivity contribution in [1.82, 2.24) is 29.1 Å². The van der Waals surface area contributed by atoms with Crippen LogP contribution in [0.25, 0.3) is 22.4 Å². The summed E-state index contributed by atoms with van der Waals surface area (Å²) in [5, 5.41) is 7.24. The predicted molar refractivity (Wildman–Crippen MR) is 93.7 cm³/mol. The summed E-state index contributed by atoms with van der Waals surface area (Å²) in [7, 11) is -4.59. The molecule has 4 rings (SSSR count). The van der Waals surface area contributed by atoms with E-state index in [4.69, 9.17) is 0 Å². The molecule has 1 aromatic carbocycles. The van der Waals surface area contributed by atoms with Crippen LogP contribution >= 0.6 is 7.60 Å². The molecule has 3 aromatic heterocycles. The standard InChI is InChI=1S/C15H12F3N6O4P/c1-7-4-23(6-19-7)10-3-11-9(2-8(10)15(16,17)18)20-14(25)13-22-21-12(24(11)13)5-29(26,27)28/h2-4,6H,5H2,1H3,(H,20,25)(H2,26,27,28). The molecule has 0 saturated carbocycles. The van der Waals surface area contributed by atoms with Gasteiger partial charge < -0.3 is 19.3 Å². The minimum Gasteiger partial charge on any atom is -0.324 e. The van der Waals surface area contributed by atoms with E-state index in [0.717, 1.165) is 16.5 Å². The normalized spacial score (nSPS) is 12.9. The van der Waals surface area contributed by atoms with Crippen LogP contribution in [0.15, 0.2) is 29.5 Å². The monoisotopic (exact) mass is 428 g/mol. The second kappa shape index (κ2) is 6.24. The fourth-order valence-electron chi connectivity index (χ4n) is 3.04. The molecule has 0 saturated heterocycles. The van der Waals surface area contributed by atoms with Crippen LogP contribution in [0.4, 0.5) is 13.2 Å². The van der Waals surface area contributed by atoms with Gasteiger partial charge in [0.05, 0.1) is 34.3 Å². The Balaban J connectivity index is 2.13. The first kappa shape index (κ1) is 19.3. The van der Waals surface area contributed by atoms with Crippen LogP contribution in [0.5, 0.6) is 0 Å². The summed E-state index contributed by atoms with van der Waals surface area (Å²) in [5.41, 5.74) is -2.12. The zero-order valence-corrected chi connectivity index (χ0v) is 15.4. The lowest BCUT2D eigenvalue weighted by atomic mass is 10.1. The zero-order valence-electron chi connectivity index (χ0n) is 14.5. The predicted octanol–water partition coefficient (Wildman–Crippen LogP) is 1.76. The summed E-state index contributed by atoms with van der Waals surface area (Å²) in [4.78, 5) is 37.0. The van der Waals surface area contributed by atoms with Crippen LogP contribution < -0.4 is 5.56 Å². The maximum Gasteiger partial charge on any atom is 0.418 e. The number of halogens is 3. The molecule has 3 N–H and O–H groups in total. The Morgan fingerprint density at radius 1 is 1.24 bits per heavy atom. The van der Waals surface area contributed by atoms with E-state index in [1.165, 1.54) is 17.1 Å². The van der Waals surface area contributed by atoms with E-state index < -0.39 is 31.1 Å². The maximum absolute atomic E-state index is 13.7. The lowest BCUT2D eigenvalue weighted by Crippen LogP contribution is -2.15. The second-order valence-corrected chi connectivity index (χ2v) is 8.00. The Labute approximate surface area is 158 Å². The van der Waals surface area contributed by atoms with E-state index in [1.807, 2.05) is 0 Å². The lowest BCUT2D eigenvalue weighted by Gasteiger charge is -2.15. The van der Waals surface area contributed by atoms with Gasteiger partial charge in [-0.2, -0.15) is 13.2 Å². The average molecular weight is 428 g/mol. The minimum atomic E-state index is -4.74. The van der Waals surface area contributed by atoms with Gasteiger partial charge in [-0.05, 0) is 19.1 Å². The summed E-state index contributed by atoms with van der Waals surface area (Å²) >= 11 is 0. The van der Waals surface area contributed by atoms with Crippen molar-refractivity contribution in [3.63, 3.8) is 0 Å². The number of fused-ring (bicyclic) bond motifs is 3. The molecule has 0 bridgehead atoms. The number of nitrogens with zero attached hydrogens (tertiary/aromatic N) is 5. The molecule has 0 aliphatic carbocycles. The molecule has 14 heteroatoms. The molecule has 3 heterocycles. The third kappa shape index (κ3) is 3.43. The number of hydrogen-bond donors (Lipinski definition) is 3. The van der Waals surface area contributed by atoms with E-state index in [1.54, 1.807) is 6.92 Å². The van der Waals surface area contributed by atoms with Crippen molar-refractivity contribution in [2.24, 2.45) is 0 Å². The van der Waals surface area contributed by atoms with Gasteiger partial charge in [0.2, 0.25) is 5.65 Å². The van der Waals surface area contributed by atoms with Crippen molar-refractivity contribution < 1.29 is 27.5 Å². The van der Waals surface area contributed by atoms with Crippen LogP contribution in [-0.2, 0) is 16.9 Å².